The molecule has 0 saturated heterocycles. The van der Waals surface area contributed by atoms with E-state index in [0.717, 1.165) is 5.56 Å². The van der Waals surface area contributed by atoms with Crippen LogP contribution < -0.4 is 0 Å². The summed E-state index contributed by atoms with van der Waals surface area (Å²) in [7, 11) is 0. The summed E-state index contributed by atoms with van der Waals surface area (Å²) in [6.07, 6.45) is 2.98. The highest BCUT2D eigenvalue weighted by Gasteiger charge is 2.47. The van der Waals surface area contributed by atoms with Gasteiger partial charge in [-0.1, -0.05) is 30.3 Å². The number of allylic oxidation sites excluding steroid dienone is 2. The van der Waals surface area contributed by atoms with Gasteiger partial charge in [-0.2, -0.15) is 0 Å². The van der Waals surface area contributed by atoms with Gasteiger partial charge in [0.1, 0.15) is 12.0 Å². The molecule has 106 valence electrons. The van der Waals surface area contributed by atoms with Gasteiger partial charge in [0.15, 0.2) is 11.4 Å². The quantitative estimate of drug-likeness (QED) is 0.802. The van der Waals surface area contributed by atoms with Crippen LogP contribution in [0.3, 0.4) is 0 Å². The van der Waals surface area contributed by atoms with Gasteiger partial charge in [-0.15, -0.1) is 0 Å². The third-order valence-corrected chi connectivity index (χ3v) is 3.80. The average Bonchev–Trinajstić information content (AvgIpc) is 2.52. The average molecular weight is 282 g/mol. The van der Waals surface area contributed by atoms with Crippen molar-refractivity contribution in [3.8, 4) is 0 Å². The van der Waals surface area contributed by atoms with E-state index in [0.29, 0.717) is 16.9 Å². The van der Waals surface area contributed by atoms with Gasteiger partial charge in [-0.25, -0.2) is 0 Å². The number of benzene rings is 1. The molecule has 0 radical (unpaired) electrons. The number of carbonyl (C=O) groups is 2. The van der Waals surface area contributed by atoms with E-state index < -0.39 is 17.2 Å². The zero-order valence-corrected chi connectivity index (χ0v) is 11.7. The molecule has 1 aromatic rings. The topological polar surface area (TPSA) is 63.6 Å². The minimum absolute atomic E-state index is 0.233. The predicted octanol–water partition coefficient (Wildman–Crippen LogP) is 2.16. The third kappa shape index (κ3) is 1.96. The number of hydrogen-bond acceptors (Lipinski definition) is 4. The van der Waals surface area contributed by atoms with Gasteiger partial charge >= 0.3 is 0 Å². The number of rotatable bonds is 1. The molecule has 2 aliphatic rings. The Hall–Kier alpha value is -2.46. The van der Waals surface area contributed by atoms with Gasteiger partial charge in [0.05, 0.1) is 5.57 Å². The predicted molar refractivity (Wildman–Crippen MR) is 76.9 cm³/mol. The summed E-state index contributed by atoms with van der Waals surface area (Å²) >= 11 is 0. The molecule has 1 aliphatic carbocycles. The van der Waals surface area contributed by atoms with E-state index in [9.17, 15) is 14.7 Å². The molecule has 0 spiro atoms. The molecule has 1 atom stereocenters. The normalized spacial score (nSPS) is 25.1. The van der Waals surface area contributed by atoms with E-state index in [1.54, 1.807) is 13.0 Å². The Morgan fingerprint density at radius 3 is 2.43 bits per heavy atom. The van der Waals surface area contributed by atoms with E-state index >= 15 is 0 Å². The van der Waals surface area contributed by atoms with Crippen LogP contribution in [0.2, 0.25) is 0 Å². The van der Waals surface area contributed by atoms with Crippen molar-refractivity contribution in [1.82, 2.24) is 0 Å². The number of fused-ring (bicyclic) bond motifs is 1. The highest BCUT2D eigenvalue weighted by Crippen LogP contribution is 2.36. The van der Waals surface area contributed by atoms with E-state index in [1.165, 1.54) is 13.2 Å². The monoisotopic (exact) mass is 282 g/mol. The second-order valence-corrected chi connectivity index (χ2v) is 5.29. The summed E-state index contributed by atoms with van der Waals surface area (Å²) in [5.74, 6) is -0.627. The summed E-state index contributed by atoms with van der Waals surface area (Å²) in [5, 5.41) is 10.1. The minimum Gasteiger partial charge on any atom is -0.464 e. The number of ether oxygens (including phenoxy) is 1. The molecule has 1 heterocycles. The molecule has 0 fully saturated rings. The van der Waals surface area contributed by atoms with Gasteiger partial charge in [0.2, 0.25) is 5.78 Å². The van der Waals surface area contributed by atoms with Crippen LogP contribution in [0.4, 0.5) is 0 Å². The molecule has 4 heteroatoms. The number of ketones is 2. The molecular formula is C17H14O4. The number of aliphatic hydroxyl groups is 1. The van der Waals surface area contributed by atoms with Crippen LogP contribution in [0.25, 0.3) is 5.76 Å². The van der Waals surface area contributed by atoms with Crippen molar-refractivity contribution in [2.45, 2.75) is 19.4 Å². The largest absolute Gasteiger partial charge is 0.464 e. The second-order valence-electron chi connectivity index (χ2n) is 5.29. The number of carbonyl (C=O) groups excluding carboxylic acids is 2. The fourth-order valence-corrected chi connectivity index (χ4v) is 2.52. The Bertz CT molecular complexity index is 733. The van der Waals surface area contributed by atoms with Crippen LogP contribution in [0, 0.1) is 0 Å². The highest BCUT2D eigenvalue weighted by molar-refractivity contribution is 6.27. The van der Waals surface area contributed by atoms with Crippen molar-refractivity contribution in [3.05, 3.63) is 65.0 Å². The van der Waals surface area contributed by atoms with Gasteiger partial charge in [-0.3, -0.25) is 9.59 Å². The fourth-order valence-electron chi connectivity index (χ4n) is 2.52. The Labute approximate surface area is 122 Å². The lowest BCUT2D eigenvalue weighted by Gasteiger charge is -2.30. The highest BCUT2D eigenvalue weighted by atomic mass is 16.5. The van der Waals surface area contributed by atoms with E-state index in [-0.39, 0.29) is 5.57 Å². The van der Waals surface area contributed by atoms with E-state index in [1.807, 2.05) is 30.3 Å². The van der Waals surface area contributed by atoms with Crippen LogP contribution >= 0.6 is 0 Å². The first-order valence-corrected chi connectivity index (χ1v) is 6.60. The summed E-state index contributed by atoms with van der Waals surface area (Å²) in [4.78, 5) is 24.3. The van der Waals surface area contributed by atoms with Crippen molar-refractivity contribution >= 4 is 17.3 Å². The van der Waals surface area contributed by atoms with Gasteiger partial charge < -0.3 is 9.84 Å². The summed E-state index contributed by atoms with van der Waals surface area (Å²) in [6, 6.07) is 9.40. The maximum absolute atomic E-state index is 12.2. The van der Waals surface area contributed by atoms with Crippen molar-refractivity contribution in [3.63, 3.8) is 0 Å². The lowest BCUT2D eigenvalue weighted by molar-refractivity contribution is -0.144. The van der Waals surface area contributed by atoms with Crippen LogP contribution in [-0.2, 0) is 14.3 Å². The summed E-state index contributed by atoms with van der Waals surface area (Å²) in [6.45, 7) is 2.83. The lowest BCUT2D eigenvalue weighted by Crippen LogP contribution is -2.48. The van der Waals surface area contributed by atoms with Crippen LogP contribution in [0.1, 0.15) is 19.4 Å². The molecule has 0 aromatic heterocycles. The van der Waals surface area contributed by atoms with Gasteiger partial charge in [-0.05, 0) is 25.5 Å². The van der Waals surface area contributed by atoms with E-state index in [2.05, 4.69) is 0 Å². The zero-order chi connectivity index (χ0) is 15.2. The number of Topliss-reactive ketones (excluding diaryl/α,β-unsaturated/α-hetero) is 2. The van der Waals surface area contributed by atoms with Crippen molar-refractivity contribution in [1.29, 1.82) is 0 Å². The Kier molecular flexibility index (Phi) is 2.92. The summed E-state index contributed by atoms with van der Waals surface area (Å²) < 4.78 is 5.50. The van der Waals surface area contributed by atoms with Crippen molar-refractivity contribution in [2.24, 2.45) is 0 Å². The molecule has 0 saturated carbocycles. The molecule has 1 unspecified atom stereocenters. The maximum Gasteiger partial charge on any atom is 0.205 e. The molecular weight excluding hydrogens is 268 g/mol. The smallest absolute Gasteiger partial charge is 0.205 e. The molecule has 21 heavy (non-hydrogen) atoms. The van der Waals surface area contributed by atoms with Crippen LogP contribution in [0.15, 0.2) is 59.4 Å². The molecule has 1 aliphatic heterocycles. The molecule has 4 nitrogen and oxygen atoms in total. The minimum atomic E-state index is -2.01. The van der Waals surface area contributed by atoms with Crippen LogP contribution in [0.5, 0.6) is 0 Å². The van der Waals surface area contributed by atoms with Crippen molar-refractivity contribution in [2.75, 3.05) is 0 Å². The molecule has 1 N–H and O–H groups in total. The Morgan fingerprint density at radius 1 is 1.10 bits per heavy atom. The zero-order valence-electron chi connectivity index (χ0n) is 11.7. The molecule has 0 bridgehead atoms. The Balaban J connectivity index is 2.13. The van der Waals surface area contributed by atoms with Gasteiger partial charge in [0, 0.05) is 11.1 Å². The standard InChI is InChI=1S/C17H14O4/c1-10-12-8-14(11-6-4-3-5-7-11)21-9-13(12)16(19)17(2,20)15(10)18/h3-9,20H,1-2H3. The molecule has 3 rings (SSSR count). The SMILES string of the molecule is CC1=C2C=C(c3ccccc3)OC=C2C(=O)C(C)(O)C1=O. The fraction of sp³-hybridized carbons (Fsp3) is 0.176. The first-order chi connectivity index (χ1) is 9.93. The molecule has 1 aromatic carbocycles. The third-order valence-electron chi connectivity index (χ3n) is 3.80. The molecule has 0 amide bonds. The second kappa shape index (κ2) is 4.53. The first kappa shape index (κ1) is 13.5. The first-order valence-electron chi connectivity index (χ1n) is 6.60. The van der Waals surface area contributed by atoms with Crippen LogP contribution in [-0.4, -0.2) is 22.3 Å². The summed E-state index contributed by atoms with van der Waals surface area (Å²) in [5.41, 5.74) is -0.0488. The van der Waals surface area contributed by atoms with Gasteiger partial charge in [0.25, 0.3) is 0 Å². The Morgan fingerprint density at radius 2 is 1.76 bits per heavy atom. The lowest BCUT2D eigenvalue weighted by atomic mass is 9.76. The number of hydrogen-bond donors (Lipinski definition) is 1. The maximum atomic E-state index is 12.2. The van der Waals surface area contributed by atoms with Crippen molar-refractivity contribution < 1.29 is 19.4 Å². The van der Waals surface area contributed by atoms with E-state index in [4.69, 9.17) is 4.74 Å².